The van der Waals surface area contributed by atoms with Crippen molar-refractivity contribution in [2.75, 3.05) is 0 Å². The first-order valence-corrected chi connectivity index (χ1v) is 8.04. The topological polar surface area (TPSA) is 59.8 Å². The van der Waals surface area contributed by atoms with Crippen molar-refractivity contribution in [3.8, 4) is 0 Å². The summed E-state index contributed by atoms with van der Waals surface area (Å²) in [6.45, 7) is 0.967. The number of carbonyl (C=O) groups is 1. The van der Waals surface area contributed by atoms with Crippen LogP contribution < -0.4 is 5.32 Å². The van der Waals surface area contributed by atoms with E-state index in [-0.39, 0.29) is 5.56 Å². The number of aromatic nitrogens is 3. The van der Waals surface area contributed by atoms with Crippen LogP contribution in [-0.4, -0.2) is 20.7 Å². The van der Waals surface area contributed by atoms with Crippen LogP contribution in [0.15, 0.2) is 59.6 Å². The lowest BCUT2D eigenvalue weighted by Gasteiger charge is -2.08. The average molecular weight is 389 g/mol. The maximum absolute atomic E-state index is 13.8. The van der Waals surface area contributed by atoms with Gasteiger partial charge in [-0.05, 0) is 29.3 Å². The fourth-order valence-corrected chi connectivity index (χ4v) is 2.55. The summed E-state index contributed by atoms with van der Waals surface area (Å²) >= 11 is 3.17. The van der Waals surface area contributed by atoms with Crippen LogP contribution in [0.5, 0.6) is 0 Å². The van der Waals surface area contributed by atoms with Crippen molar-refractivity contribution in [1.82, 2.24) is 20.1 Å². The third-order valence-corrected chi connectivity index (χ3v) is 3.96. The Balaban J connectivity index is 1.59. The van der Waals surface area contributed by atoms with Crippen molar-refractivity contribution in [2.24, 2.45) is 0 Å². The van der Waals surface area contributed by atoms with Crippen molar-refractivity contribution in [3.05, 3.63) is 82.1 Å². The molecule has 7 heteroatoms. The van der Waals surface area contributed by atoms with E-state index in [2.05, 4.69) is 31.3 Å². The van der Waals surface area contributed by atoms with E-state index in [0.29, 0.717) is 17.6 Å². The average Bonchev–Trinajstić information content (AvgIpc) is 3.07. The zero-order valence-corrected chi connectivity index (χ0v) is 14.2. The lowest BCUT2D eigenvalue weighted by molar-refractivity contribution is 0.0947. The van der Waals surface area contributed by atoms with Gasteiger partial charge in [-0.15, -0.1) is 0 Å². The highest BCUT2D eigenvalue weighted by atomic mass is 79.9. The minimum atomic E-state index is -0.551. The number of benzene rings is 2. The van der Waals surface area contributed by atoms with Crippen LogP contribution >= 0.6 is 15.9 Å². The number of nitrogens with zero attached hydrogens (tertiary/aromatic N) is 3. The highest BCUT2D eigenvalue weighted by Crippen LogP contribution is 2.15. The van der Waals surface area contributed by atoms with E-state index in [0.717, 1.165) is 11.1 Å². The SMILES string of the molecule is O=C(NCc1ccc(Cn2cncn2)cc1)c1ccc(Br)cc1F. The molecule has 1 amide bonds. The molecule has 1 aromatic heterocycles. The van der Waals surface area contributed by atoms with Crippen molar-refractivity contribution in [1.29, 1.82) is 0 Å². The standard InChI is InChI=1S/C17H14BrFN4O/c18-14-5-6-15(16(19)7-14)17(24)21-8-12-1-3-13(4-2-12)9-23-11-20-10-22-23/h1-7,10-11H,8-9H2,(H,21,24). The van der Waals surface area contributed by atoms with E-state index in [1.165, 1.54) is 18.5 Å². The molecule has 0 radical (unpaired) electrons. The Labute approximate surface area is 146 Å². The maximum atomic E-state index is 13.8. The largest absolute Gasteiger partial charge is 0.348 e. The molecule has 2 aromatic carbocycles. The summed E-state index contributed by atoms with van der Waals surface area (Å²) in [4.78, 5) is 15.9. The van der Waals surface area contributed by atoms with Crippen LogP contribution in [0, 0.1) is 5.82 Å². The third kappa shape index (κ3) is 4.05. The van der Waals surface area contributed by atoms with Crippen molar-refractivity contribution >= 4 is 21.8 Å². The molecular formula is C17H14BrFN4O. The van der Waals surface area contributed by atoms with Gasteiger partial charge < -0.3 is 5.32 Å². The first-order chi connectivity index (χ1) is 11.6. The molecule has 0 saturated heterocycles. The Morgan fingerprint density at radius 1 is 1.17 bits per heavy atom. The molecule has 5 nitrogen and oxygen atoms in total. The molecule has 3 aromatic rings. The first kappa shape index (κ1) is 16.3. The molecule has 0 spiro atoms. The van der Waals surface area contributed by atoms with Crippen molar-refractivity contribution < 1.29 is 9.18 Å². The van der Waals surface area contributed by atoms with Gasteiger partial charge in [0.05, 0.1) is 12.1 Å². The van der Waals surface area contributed by atoms with Gasteiger partial charge in [-0.1, -0.05) is 40.2 Å². The summed E-state index contributed by atoms with van der Waals surface area (Å²) in [5.41, 5.74) is 2.04. The minimum absolute atomic E-state index is 0.0287. The Hall–Kier alpha value is -2.54. The second-order valence-electron chi connectivity index (χ2n) is 5.22. The monoisotopic (exact) mass is 388 g/mol. The summed E-state index contributed by atoms with van der Waals surface area (Å²) in [5.74, 6) is -0.989. The molecule has 0 aliphatic heterocycles. The van der Waals surface area contributed by atoms with Crippen LogP contribution in [0.25, 0.3) is 0 Å². The fourth-order valence-electron chi connectivity index (χ4n) is 2.22. The van der Waals surface area contributed by atoms with Gasteiger partial charge >= 0.3 is 0 Å². The molecular weight excluding hydrogens is 375 g/mol. The highest BCUT2D eigenvalue weighted by Gasteiger charge is 2.11. The molecule has 0 aliphatic rings. The highest BCUT2D eigenvalue weighted by molar-refractivity contribution is 9.10. The van der Waals surface area contributed by atoms with E-state index >= 15 is 0 Å². The van der Waals surface area contributed by atoms with Gasteiger partial charge in [0.2, 0.25) is 0 Å². The van der Waals surface area contributed by atoms with Crippen LogP contribution in [0.2, 0.25) is 0 Å². The van der Waals surface area contributed by atoms with Crippen LogP contribution in [0.1, 0.15) is 21.5 Å². The Morgan fingerprint density at radius 2 is 1.92 bits per heavy atom. The van der Waals surface area contributed by atoms with E-state index in [1.54, 1.807) is 17.1 Å². The van der Waals surface area contributed by atoms with Crippen LogP contribution in [0.3, 0.4) is 0 Å². The molecule has 1 heterocycles. The third-order valence-electron chi connectivity index (χ3n) is 3.46. The number of nitrogens with one attached hydrogen (secondary N) is 1. The maximum Gasteiger partial charge on any atom is 0.254 e. The molecule has 0 saturated carbocycles. The zero-order valence-electron chi connectivity index (χ0n) is 12.6. The molecule has 0 unspecified atom stereocenters. The summed E-state index contributed by atoms with van der Waals surface area (Å²) in [5, 5.41) is 6.77. The fraction of sp³-hybridized carbons (Fsp3) is 0.118. The van der Waals surface area contributed by atoms with E-state index < -0.39 is 11.7 Å². The van der Waals surface area contributed by atoms with Gasteiger partial charge in [-0.2, -0.15) is 5.10 Å². The van der Waals surface area contributed by atoms with E-state index in [9.17, 15) is 9.18 Å². The Kier molecular flexibility index (Phi) is 5.00. The Bertz CT molecular complexity index is 834. The molecule has 0 fully saturated rings. The summed E-state index contributed by atoms with van der Waals surface area (Å²) < 4.78 is 16.1. The molecule has 24 heavy (non-hydrogen) atoms. The van der Waals surface area contributed by atoms with Gasteiger partial charge in [0.25, 0.3) is 5.91 Å². The number of amides is 1. The summed E-state index contributed by atoms with van der Waals surface area (Å²) in [7, 11) is 0. The van der Waals surface area contributed by atoms with Gasteiger partial charge in [0.1, 0.15) is 18.5 Å². The van der Waals surface area contributed by atoms with Gasteiger partial charge in [-0.3, -0.25) is 4.79 Å². The Morgan fingerprint density at radius 3 is 2.58 bits per heavy atom. The van der Waals surface area contributed by atoms with Crippen molar-refractivity contribution in [3.63, 3.8) is 0 Å². The molecule has 3 rings (SSSR count). The number of hydrogen-bond acceptors (Lipinski definition) is 3. The number of hydrogen-bond donors (Lipinski definition) is 1. The van der Waals surface area contributed by atoms with Crippen molar-refractivity contribution in [2.45, 2.75) is 13.1 Å². The second-order valence-corrected chi connectivity index (χ2v) is 6.13. The van der Waals surface area contributed by atoms with Crippen LogP contribution in [0.4, 0.5) is 4.39 Å². The summed E-state index contributed by atoms with van der Waals surface area (Å²) in [6.07, 6.45) is 3.14. The summed E-state index contributed by atoms with van der Waals surface area (Å²) in [6, 6.07) is 12.1. The van der Waals surface area contributed by atoms with E-state index in [4.69, 9.17) is 0 Å². The first-order valence-electron chi connectivity index (χ1n) is 7.25. The van der Waals surface area contributed by atoms with Gasteiger partial charge in [-0.25, -0.2) is 14.1 Å². The predicted octanol–water partition coefficient (Wildman–Crippen LogP) is 3.16. The quantitative estimate of drug-likeness (QED) is 0.730. The van der Waals surface area contributed by atoms with Gasteiger partial charge in [0.15, 0.2) is 0 Å². The van der Waals surface area contributed by atoms with E-state index in [1.807, 2.05) is 24.3 Å². The lowest BCUT2D eigenvalue weighted by atomic mass is 10.1. The van der Waals surface area contributed by atoms with Gasteiger partial charge in [0, 0.05) is 11.0 Å². The molecule has 1 N–H and O–H groups in total. The number of carbonyl (C=O) groups excluding carboxylic acids is 1. The minimum Gasteiger partial charge on any atom is -0.348 e. The zero-order chi connectivity index (χ0) is 16.9. The second kappa shape index (κ2) is 7.35. The number of halogens is 2. The molecule has 0 bridgehead atoms. The molecule has 122 valence electrons. The smallest absolute Gasteiger partial charge is 0.254 e. The lowest BCUT2D eigenvalue weighted by Crippen LogP contribution is -2.23. The number of rotatable bonds is 5. The molecule has 0 atom stereocenters. The van der Waals surface area contributed by atoms with Crippen LogP contribution in [-0.2, 0) is 13.1 Å². The normalized spacial score (nSPS) is 10.6. The molecule has 0 aliphatic carbocycles. The predicted molar refractivity (Wildman–Crippen MR) is 90.8 cm³/mol.